The molecule has 1 aromatic heterocycles. The lowest BCUT2D eigenvalue weighted by molar-refractivity contribution is 0.0329. The number of esters is 1. The lowest BCUT2D eigenvalue weighted by atomic mass is 9.81. The SMILES string of the molecule is CCOCCOC(=O)c1[nH]c2c(c1C)C(=O)C[C@H](c1ccc(OC)cc1)C2. The second kappa shape index (κ2) is 8.39. The summed E-state index contributed by atoms with van der Waals surface area (Å²) in [5, 5.41) is 0. The van der Waals surface area contributed by atoms with Crippen molar-refractivity contribution < 1.29 is 23.8 Å². The molecule has 0 saturated heterocycles. The van der Waals surface area contributed by atoms with E-state index < -0.39 is 5.97 Å². The van der Waals surface area contributed by atoms with E-state index in [-0.39, 0.29) is 18.3 Å². The second-order valence-corrected chi connectivity index (χ2v) is 6.61. The van der Waals surface area contributed by atoms with Crippen molar-refractivity contribution in [3.8, 4) is 5.75 Å². The number of rotatable bonds is 7. The number of aromatic nitrogens is 1. The summed E-state index contributed by atoms with van der Waals surface area (Å²) < 4.78 is 15.6. The summed E-state index contributed by atoms with van der Waals surface area (Å²) in [4.78, 5) is 28.2. The molecule has 1 N–H and O–H groups in total. The minimum Gasteiger partial charge on any atom is -0.497 e. The van der Waals surface area contributed by atoms with E-state index in [1.807, 2.05) is 31.2 Å². The Morgan fingerprint density at radius 3 is 2.59 bits per heavy atom. The van der Waals surface area contributed by atoms with Gasteiger partial charge in [-0.1, -0.05) is 12.1 Å². The van der Waals surface area contributed by atoms with Gasteiger partial charge in [0.05, 0.1) is 13.7 Å². The molecule has 1 heterocycles. The van der Waals surface area contributed by atoms with Crippen LogP contribution in [0.25, 0.3) is 0 Å². The van der Waals surface area contributed by atoms with Crippen LogP contribution in [0.15, 0.2) is 24.3 Å². The number of hydrogen-bond donors (Lipinski definition) is 1. The fourth-order valence-corrected chi connectivity index (χ4v) is 3.56. The zero-order valence-corrected chi connectivity index (χ0v) is 16.0. The van der Waals surface area contributed by atoms with Gasteiger partial charge in [-0.25, -0.2) is 4.79 Å². The summed E-state index contributed by atoms with van der Waals surface area (Å²) in [6.45, 7) is 4.81. The highest BCUT2D eigenvalue weighted by molar-refractivity contribution is 6.03. The zero-order valence-electron chi connectivity index (χ0n) is 16.0. The molecule has 0 aliphatic heterocycles. The van der Waals surface area contributed by atoms with E-state index in [9.17, 15) is 9.59 Å². The summed E-state index contributed by atoms with van der Waals surface area (Å²) in [6, 6.07) is 7.77. The quantitative estimate of drug-likeness (QED) is 0.596. The molecule has 0 spiro atoms. The summed E-state index contributed by atoms with van der Waals surface area (Å²) in [5.74, 6) is 0.472. The van der Waals surface area contributed by atoms with Crippen LogP contribution < -0.4 is 4.74 Å². The summed E-state index contributed by atoms with van der Waals surface area (Å²) in [5.41, 5.74) is 3.56. The number of carbonyl (C=O) groups is 2. The molecule has 0 amide bonds. The molecule has 27 heavy (non-hydrogen) atoms. The Morgan fingerprint density at radius 2 is 1.93 bits per heavy atom. The number of ketones is 1. The topological polar surface area (TPSA) is 77.6 Å². The Morgan fingerprint density at radius 1 is 1.19 bits per heavy atom. The maximum atomic E-state index is 12.7. The highest BCUT2D eigenvalue weighted by atomic mass is 16.6. The van der Waals surface area contributed by atoms with Gasteiger partial charge in [0.2, 0.25) is 0 Å². The normalized spacial score (nSPS) is 16.1. The van der Waals surface area contributed by atoms with Crippen LogP contribution in [0.3, 0.4) is 0 Å². The molecule has 1 atom stereocenters. The first kappa shape index (κ1) is 19.2. The lowest BCUT2D eigenvalue weighted by Gasteiger charge is -2.22. The van der Waals surface area contributed by atoms with Crippen LogP contribution in [0.5, 0.6) is 5.75 Å². The minimum absolute atomic E-state index is 0.0548. The van der Waals surface area contributed by atoms with Crippen molar-refractivity contribution in [3.63, 3.8) is 0 Å². The number of benzene rings is 1. The number of nitrogens with one attached hydrogen (secondary N) is 1. The molecule has 2 aromatic rings. The van der Waals surface area contributed by atoms with Crippen LogP contribution in [0.1, 0.15) is 56.9 Å². The van der Waals surface area contributed by atoms with E-state index in [0.29, 0.717) is 42.9 Å². The van der Waals surface area contributed by atoms with Gasteiger partial charge in [0.1, 0.15) is 18.1 Å². The molecule has 1 aliphatic carbocycles. The third-order valence-corrected chi connectivity index (χ3v) is 4.95. The second-order valence-electron chi connectivity index (χ2n) is 6.61. The van der Waals surface area contributed by atoms with Crippen LogP contribution in [0.4, 0.5) is 0 Å². The summed E-state index contributed by atoms with van der Waals surface area (Å²) in [6.07, 6.45) is 1.11. The highest BCUT2D eigenvalue weighted by Gasteiger charge is 2.32. The first-order valence-electron chi connectivity index (χ1n) is 9.18. The third-order valence-electron chi connectivity index (χ3n) is 4.95. The Balaban J connectivity index is 1.77. The van der Waals surface area contributed by atoms with Crippen molar-refractivity contribution in [1.29, 1.82) is 0 Å². The van der Waals surface area contributed by atoms with Crippen molar-refractivity contribution >= 4 is 11.8 Å². The van der Waals surface area contributed by atoms with Gasteiger partial charge in [-0.2, -0.15) is 0 Å². The van der Waals surface area contributed by atoms with E-state index in [0.717, 1.165) is 17.0 Å². The van der Waals surface area contributed by atoms with Crippen molar-refractivity contribution in [3.05, 3.63) is 52.3 Å². The molecule has 0 bridgehead atoms. The van der Waals surface area contributed by atoms with Gasteiger partial charge in [-0.15, -0.1) is 0 Å². The van der Waals surface area contributed by atoms with Gasteiger partial charge >= 0.3 is 5.97 Å². The van der Waals surface area contributed by atoms with E-state index >= 15 is 0 Å². The summed E-state index contributed by atoms with van der Waals surface area (Å²) in [7, 11) is 1.63. The molecule has 0 fully saturated rings. The van der Waals surface area contributed by atoms with Gasteiger partial charge in [0.15, 0.2) is 5.78 Å². The fourth-order valence-electron chi connectivity index (χ4n) is 3.56. The van der Waals surface area contributed by atoms with Crippen molar-refractivity contribution in [2.45, 2.75) is 32.6 Å². The molecule has 1 aromatic carbocycles. The average molecular weight is 371 g/mol. The van der Waals surface area contributed by atoms with Crippen molar-refractivity contribution in [1.82, 2.24) is 4.98 Å². The van der Waals surface area contributed by atoms with Crippen LogP contribution in [-0.2, 0) is 15.9 Å². The largest absolute Gasteiger partial charge is 0.497 e. The van der Waals surface area contributed by atoms with Crippen LogP contribution in [-0.4, -0.2) is 43.7 Å². The Hall–Kier alpha value is -2.60. The van der Waals surface area contributed by atoms with E-state index in [1.54, 1.807) is 14.0 Å². The predicted octanol–water partition coefficient (Wildman–Crippen LogP) is 3.44. The van der Waals surface area contributed by atoms with Gasteiger partial charge in [0.25, 0.3) is 0 Å². The molecule has 0 radical (unpaired) electrons. The molecule has 1 aliphatic rings. The standard InChI is InChI=1S/C21H25NO5/c1-4-26-9-10-27-21(24)20-13(2)19-17(22-20)11-15(12-18(19)23)14-5-7-16(25-3)8-6-14/h5-8,15,22H,4,9-12H2,1-3H3/t15-/m1/s1. The Kier molecular flexibility index (Phi) is 5.96. The molecule has 3 rings (SSSR count). The molecule has 6 nitrogen and oxygen atoms in total. The third kappa shape index (κ3) is 4.06. The monoisotopic (exact) mass is 371 g/mol. The van der Waals surface area contributed by atoms with Crippen molar-refractivity contribution in [2.24, 2.45) is 0 Å². The molecule has 0 saturated carbocycles. The maximum Gasteiger partial charge on any atom is 0.355 e. The fraction of sp³-hybridized carbons (Fsp3) is 0.429. The number of ether oxygens (including phenoxy) is 3. The van der Waals surface area contributed by atoms with Gasteiger partial charge in [0, 0.05) is 24.3 Å². The van der Waals surface area contributed by atoms with E-state index in [1.165, 1.54) is 0 Å². The molecule has 0 unspecified atom stereocenters. The number of H-pyrrole nitrogens is 1. The number of fused-ring (bicyclic) bond motifs is 1. The molecule has 6 heteroatoms. The smallest absolute Gasteiger partial charge is 0.355 e. The van der Waals surface area contributed by atoms with Crippen LogP contribution in [0.2, 0.25) is 0 Å². The van der Waals surface area contributed by atoms with Gasteiger partial charge in [-0.3, -0.25) is 4.79 Å². The predicted molar refractivity (Wildman–Crippen MR) is 101 cm³/mol. The molecular formula is C21H25NO5. The summed E-state index contributed by atoms with van der Waals surface area (Å²) >= 11 is 0. The number of carbonyl (C=O) groups excluding carboxylic acids is 2. The number of aromatic amines is 1. The van der Waals surface area contributed by atoms with Crippen molar-refractivity contribution in [2.75, 3.05) is 26.9 Å². The number of methoxy groups -OCH3 is 1. The first-order chi connectivity index (χ1) is 13.0. The van der Waals surface area contributed by atoms with Crippen LogP contribution in [0, 0.1) is 6.92 Å². The van der Waals surface area contributed by atoms with Gasteiger partial charge in [-0.05, 0) is 49.4 Å². The Bertz CT molecular complexity index is 822. The molecule has 144 valence electrons. The zero-order chi connectivity index (χ0) is 19.4. The lowest BCUT2D eigenvalue weighted by Crippen LogP contribution is -2.18. The van der Waals surface area contributed by atoms with Crippen LogP contribution >= 0.6 is 0 Å². The number of hydrogen-bond acceptors (Lipinski definition) is 5. The van der Waals surface area contributed by atoms with E-state index in [4.69, 9.17) is 14.2 Å². The first-order valence-corrected chi connectivity index (χ1v) is 9.18. The average Bonchev–Trinajstić information content (AvgIpc) is 3.02. The highest BCUT2D eigenvalue weighted by Crippen LogP contribution is 2.35. The number of Topliss-reactive ketones (excluding diaryl/α,β-unsaturated/α-hetero) is 1. The molecular weight excluding hydrogens is 346 g/mol. The Labute approximate surface area is 158 Å². The minimum atomic E-state index is -0.449. The van der Waals surface area contributed by atoms with E-state index in [2.05, 4.69) is 4.98 Å². The van der Waals surface area contributed by atoms with Gasteiger partial charge < -0.3 is 19.2 Å². The maximum absolute atomic E-state index is 12.7.